The Morgan fingerprint density at radius 1 is 1.25 bits per heavy atom. The molecule has 0 bridgehead atoms. The van der Waals surface area contributed by atoms with Gasteiger partial charge in [-0.05, 0) is 37.0 Å². The third-order valence-corrected chi connectivity index (χ3v) is 4.14. The van der Waals surface area contributed by atoms with Crippen LogP contribution in [-0.4, -0.2) is 42.6 Å². The van der Waals surface area contributed by atoms with E-state index in [1.165, 1.54) is 6.92 Å². The minimum absolute atomic E-state index is 0.0462. The van der Waals surface area contributed by atoms with Crippen molar-refractivity contribution in [3.8, 4) is 0 Å². The van der Waals surface area contributed by atoms with E-state index in [4.69, 9.17) is 4.79 Å². The highest BCUT2D eigenvalue weighted by atomic mass is 16.2. The van der Waals surface area contributed by atoms with Gasteiger partial charge in [-0.25, -0.2) is 0 Å². The maximum absolute atomic E-state index is 11.9. The van der Waals surface area contributed by atoms with Gasteiger partial charge in [-0.3, -0.25) is 9.59 Å². The number of aldehydes is 1. The molecule has 1 N–H and O–H groups in total. The van der Waals surface area contributed by atoms with Gasteiger partial charge in [0.1, 0.15) is 6.29 Å². The van der Waals surface area contributed by atoms with Gasteiger partial charge < -0.3 is 15.0 Å². The molecule has 0 aromatic carbocycles. The van der Waals surface area contributed by atoms with Crippen LogP contribution >= 0.6 is 0 Å². The Labute approximate surface area is 147 Å². The number of nitrogens with one attached hydrogen (secondary N) is 1. The van der Waals surface area contributed by atoms with E-state index in [1.807, 2.05) is 4.90 Å². The van der Waals surface area contributed by atoms with Gasteiger partial charge in [-0.1, -0.05) is 41.5 Å². The summed E-state index contributed by atoms with van der Waals surface area (Å²) in [6, 6.07) is 0. The predicted octanol–water partition coefficient (Wildman–Crippen LogP) is 2.88. The molecule has 1 heterocycles. The van der Waals surface area contributed by atoms with E-state index in [0.29, 0.717) is 5.92 Å². The van der Waals surface area contributed by atoms with Gasteiger partial charge in [-0.2, -0.15) is 0 Å². The van der Waals surface area contributed by atoms with Crippen LogP contribution in [0, 0.1) is 23.2 Å². The zero-order chi connectivity index (χ0) is 18.9. The van der Waals surface area contributed by atoms with E-state index in [2.05, 4.69) is 46.9 Å². The average Bonchev–Trinajstić information content (AvgIpc) is 3.24. The Kier molecular flexibility index (Phi) is 9.86. The van der Waals surface area contributed by atoms with E-state index in [-0.39, 0.29) is 29.7 Å². The van der Waals surface area contributed by atoms with E-state index >= 15 is 0 Å². The first kappa shape index (κ1) is 22.6. The standard InChI is InChI=1S/C13H22N2O2.C4H10.C2H4O/c1-9-7-15(8-13(9,2)3)11(16)6-14-12(17)10-4-5-10;1-4(2)3;1-2-3/h9-10H,4-8H2,1-3H3,(H,14,17);4H,1-3H3;2H,1H3. The molecule has 0 aromatic heterocycles. The molecule has 0 spiro atoms. The molecule has 0 aromatic rings. The van der Waals surface area contributed by atoms with Crippen molar-refractivity contribution < 1.29 is 14.4 Å². The van der Waals surface area contributed by atoms with E-state index in [9.17, 15) is 9.59 Å². The summed E-state index contributed by atoms with van der Waals surface area (Å²) in [6.45, 7) is 16.3. The number of carbonyl (C=O) groups is 3. The molecule has 5 nitrogen and oxygen atoms in total. The van der Waals surface area contributed by atoms with Crippen LogP contribution in [0.2, 0.25) is 0 Å². The van der Waals surface area contributed by atoms with Gasteiger partial charge in [0.2, 0.25) is 11.8 Å². The first-order chi connectivity index (χ1) is 11.0. The van der Waals surface area contributed by atoms with Crippen LogP contribution in [-0.2, 0) is 14.4 Å². The highest BCUT2D eigenvalue weighted by Gasteiger charge is 2.38. The molecule has 1 saturated carbocycles. The van der Waals surface area contributed by atoms with Crippen LogP contribution in [0.15, 0.2) is 0 Å². The van der Waals surface area contributed by atoms with Crippen molar-refractivity contribution in [1.82, 2.24) is 10.2 Å². The van der Waals surface area contributed by atoms with E-state index in [0.717, 1.165) is 38.1 Å². The summed E-state index contributed by atoms with van der Waals surface area (Å²) in [5.74, 6) is 1.63. The summed E-state index contributed by atoms with van der Waals surface area (Å²) in [6.07, 6.45) is 2.71. The summed E-state index contributed by atoms with van der Waals surface area (Å²) in [5, 5.41) is 2.73. The lowest BCUT2D eigenvalue weighted by Crippen LogP contribution is -2.40. The Hall–Kier alpha value is -1.39. The largest absolute Gasteiger partial charge is 0.347 e. The fourth-order valence-corrected chi connectivity index (χ4v) is 2.24. The topological polar surface area (TPSA) is 66.5 Å². The van der Waals surface area contributed by atoms with Crippen molar-refractivity contribution >= 4 is 18.1 Å². The molecule has 2 amide bonds. The monoisotopic (exact) mass is 340 g/mol. The normalized spacial score (nSPS) is 21.2. The molecular weight excluding hydrogens is 304 g/mol. The van der Waals surface area contributed by atoms with Crippen LogP contribution in [0.1, 0.15) is 61.3 Å². The molecule has 5 heteroatoms. The zero-order valence-corrected chi connectivity index (χ0v) is 16.5. The first-order valence-electron chi connectivity index (χ1n) is 9.00. The maximum Gasteiger partial charge on any atom is 0.241 e. The van der Waals surface area contributed by atoms with Gasteiger partial charge in [0.05, 0.1) is 6.54 Å². The van der Waals surface area contributed by atoms with Crippen molar-refractivity contribution in [3.63, 3.8) is 0 Å². The first-order valence-corrected chi connectivity index (χ1v) is 9.00. The van der Waals surface area contributed by atoms with Crippen molar-refractivity contribution in [2.24, 2.45) is 23.2 Å². The third-order valence-electron chi connectivity index (χ3n) is 4.14. The second-order valence-electron chi connectivity index (χ2n) is 8.12. The number of nitrogens with zero attached hydrogens (tertiary/aromatic N) is 1. The summed E-state index contributed by atoms with van der Waals surface area (Å²) in [7, 11) is 0. The SMILES string of the molecule is CC(C)C.CC1CN(C(=O)CNC(=O)C2CC2)CC1(C)C.CC=O. The fourth-order valence-electron chi connectivity index (χ4n) is 2.24. The Bertz CT molecular complexity index is 412. The maximum atomic E-state index is 11.9. The third kappa shape index (κ3) is 9.04. The molecule has 2 aliphatic rings. The minimum Gasteiger partial charge on any atom is -0.347 e. The van der Waals surface area contributed by atoms with Gasteiger partial charge in [-0.15, -0.1) is 0 Å². The quantitative estimate of drug-likeness (QED) is 0.803. The molecule has 0 radical (unpaired) electrons. The van der Waals surface area contributed by atoms with Crippen LogP contribution in [0.4, 0.5) is 0 Å². The van der Waals surface area contributed by atoms with Crippen LogP contribution in [0.3, 0.4) is 0 Å². The number of hydrogen-bond donors (Lipinski definition) is 1. The second kappa shape index (κ2) is 10.5. The Morgan fingerprint density at radius 3 is 2.04 bits per heavy atom. The number of carbonyl (C=O) groups excluding carboxylic acids is 3. The Morgan fingerprint density at radius 2 is 1.71 bits per heavy atom. The van der Waals surface area contributed by atoms with E-state index in [1.54, 1.807) is 0 Å². The van der Waals surface area contributed by atoms with Gasteiger partial charge in [0.15, 0.2) is 0 Å². The van der Waals surface area contributed by atoms with Crippen molar-refractivity contribution in [2.45, 2.75) is 61.3 Å². The molecule has 1 aliphatic heterocycles. The fraction of sp³-hybridized carbons (Fsp3) is 0.842. The molecule has 140 valence electrons. The van der Waals surface area contributed by atoms with Gasteiger partial charge >= 0.3 is 0 Å². The zero-order valence-electron chi connectivity index (χ0n) is 16.5. The smallest absolute Gasteiger partial charge is 0.241 e. The van der Waals surface area contributed by atoms with Crippen molar-refractivity contribution in [1.29, 1.82) is 0 Å². The lowest BCUT2D eigenvalue weighted by Gasteiger charge is -2.22. The molecule has 24 heavy (non-hydrogen) atoms. The molecule has 1 atom stereocenters. The number of amides is 2. The molecule has 1 aliphatic carbocycles. The second-order valence-corrected chi connectivity index (χ2v) is 8.12. The van der Waals surface area contributed by atoms with Crippen molar-refractivity contribution in [3.05, 3.63) is 0 Å². The summed E-state index contributed by atoms with van der Waals surface area (Å²) < 4.78 is 0. The number of rotatable bonds is 3. The number of hydrogen-bond acceptors (Lipinski definition) is 3. The summed E-state index contributed by atoms with van der Waals surface area (Å²) in [5.41, 5.74) is 0.191. The predicted molar refractivity (Wildman–Crippen MR) is 97.5 cm³/mol. The minimum atomic E-state index is 0.0462. The number of likely N-dealkylation sites (tertiary alicyclic amines) is 1. The molecule has 2 rings (SSSR count). The lowest BCUT2D eigenvalue weighted by atomic mass is 9.84. The van der Waals surface area contributed by atoms with Gasteiger partial charge in [0, 0.05) is 19.0 Å². The van der Waals surface area contributed by atoms with Gasteiger partial charge in [0.25, 0.3) is 0 Å². The van der Waals surface area contributed by atoms with Crippen LogP contribution in [0.25, 0.3) is 0 Å². The summed E-state index contributed by atoms with van der Waals surface area (Å²) in [4.78, 5) is 34.1. The highest BCUT2D eigenvalue weighted by Crippen LogP contribution is 2.34. The molecule has 1 unspecified atom stereocenters. The average molecular weight is 341 g/mol. The molecule has 1 saturated heterocycles. The Balaban J connectivity index is 0.000000648. The van der Waals surface area contributed by atoms with E-state index < -0.39 is 0 Å². The van der Waals surface area contributed by atoms with Crippen molar-refractivity contribution in [2.75, 3.05) is 19.6 Å². The summed E-state index contributed by atoms with van der Waals surface area (Å²) >= 11 is 0. The lowest BCUT2D eigenvalue weighted by molar-refractivity contribution is -0.132. The van der Waals surface area contributed by atoms with Crippen LogP contribution < -0.4 is 5.32 Å². The highest BCUT2D eigenvalue weighted by molar-refractivity contribution is 5.87. The molecule has 2 fully saturated rings. The van der Waals surface area contributed by atoms with Crippen LogP contribution in [0.5, 0.6) is 0 Å². The molecular formula is C19H36N2O3.